The van der Waals surface area contributed by atoms with Gasteiger partial charge in [-0.3, -0.25) is 4.98 Å². The van der Waals surface area contributed by atoms with E-state index in [1.807, 2.05) is 12.3 Å². The van der Waals surface area contributed by atoms with E-state index in [-0.39, 0.29) is 6.10 Å². The van der Waals surface area contributed by atoms with E-state index in [0.29, 0.717) is 12.3 Å². The van der Waals surface area contributed by atoms with Gasteiger partial charge in [0, 0.05) is 31.5 Å². The highest BCUT2D eigenvalue weighted by Crippen LogP contribution is 2.19. The SMILES string of the molecule is CCc1ccc(CC(O)CC2CCOC2)nc1. The quantitative estimate of drug-likeness (QED) is 0.848. The smallest absolute Gasteiger partial charge is 0.0599 e. The monoisotopic (exact) mass is 235 g/mol. The summed E-state index contributed by atoms with van der Waals surface area (Å²) in [6.07, 6.45) is 5.19. The molecule has 2 heterocycles. The van der Waals surface area contributed by atoms with Gasteiger partial charge in [0.2, 0.25) is 0 Å². The van der Waals surface area contributed by atoms with Gasteiger partial charge in [0.15, 0.2) is 0 Å². The number of aryl methyl sites for hydroxylation is 1. The number of aliphatic hydroxyl groups excluding tert-OH is 1. The maximum Gasteiger partial charge on any atom is 0.0599 e. The summed E-state index contributed by atoms with van der Waals surface area (Å²) < 4.78 is 5.31. The molecule has 1 aliphatic heterocycles. The summed E-state index contributed by atoms with van der Waals surface area (Å²) in [5.41, 5.74) is 2.22. The molecule has 2 unspecified atom stereocenters. The number of rotatable bonds is 5. The van der Waals surface area contributed by atoms with Crippen molar-refractivity contribution in [2.24, 2.45) is 5.92 Å². The highest BCUT2D eigenvalue weighted by atomic mass is 16.5. The van der Waals surface area contributed by atoms with E-state index >= 15 is 0 Å². The molecule has 3 heteroatoms. The number of nitrogens with zero attached hydrogens (tertiary/aromatic N) is 1. The third-order valence-corrected chi connectivity index (χ3v) is 3.37. The molecule has 0 radical (unpaired) electrons. The molecule has 94 valence electrons. The van der Waals surface area contributed by atoms with Crippen molar-refractivity contribution in [1.29, 1.82) is 0 Å². The maximum absolute atomic E-state index is 9.99. The van der Waals surface area contributed by atoms with Crippen LogP contribution in [0.3, 0.4) is 0 Å². The third kappa shape index (κ3) is 3.79. The predicted molar refractivity (Wildman–Crippen MR) is 66.9 cm³/mol. The Morgan fingerprint density at radius 3 is 3.00 bits per heavy atom. The maximum atomic E-state index is 9.99. The van der Waals surface area contributed by atoms with Crippen molar-refractivity contribution in [1.82, 2.24) is 4.98 Å². The van der Waals surface area contributed by atoms with Gasteiger partial charge in [0.25, 0.3) is 0 Å². The van der Waals surface area contributed by atoms with E-state index in [9.17, 15) is 5.11 Å². The normalized spacial score (nSPS) is 21.6. The van der Waals surface area contributed by atoms with Crippen molar-refractivity contribution in [2.75, 3.05) is 13.2 Å². The summed E-state index contributed by atoms with van der Waals surface area (Å²) in [6, 6.07) is 4.11. The van der Waals surface area contributed by atoms with E-state index in [1.165, 1.54) is 5.56 Å². The van der Waals surface area contributed by atoms with Crippen LogP contribution in [0.15, 0.2) is 18.3 Å². The van der Waals surface area contributed by atoms with Gasteiger partial charge in [0.1, 0.15) is 0 Å². The molecule has 1 fully saturated rings. The fourth-order valence-corrected chi connectivity index (χ4v) is 2.26. The molecule has 3 nitrogen and oxygen atoms in total. The molecule has 17 heavy (non-hydrogen) atoms. The van der Waals surface area contributed by atoms with Gasteiger partial charge < -0.3 is 9.84 Å². The zero-order valence-corrected chi connectivity index (χ0v) is 10.4. The Labute approximate surface area is 103 Å². The first-order valence-electron chi connectivity index (χ1n) is 6.47. The number of aliphatic hydroxyl groups is 1. The largest absolute Gasteiger partial charge is 0.393 e. The van der Waals surface area contributed by atoms with Gasteiger partial charge in [-0.1, -0.05) is 13.0 Å². The van der Waals surface area contributed by atoms with Gasteiger partial charge in [-0.15, -0.1) is 0 Å². The van der Waals surface area contributed by atoms with Gasteiger partial charge >= 0.3 is 0 Å². The van der Waals surface area contributed by atoms with Crippen molar-refractivity contribution in [3.63, 3.8) is 0 Å². The molecule has 1 aliphatic rings. The number of hydrogen-bond donors (Lipinski definition) is 1. The molecule has 2 rings (SSSR count). The number of hydrogen-bond acceptors (Lipinski definition) is 3. The Hall–Kier alpha value is -0.930. The second-order valence-electron chi connectivity index (χ2n) is 4.83. The molecule has 0 aromatic carbocycles. The first-order chi connectivity index (χ1) is 8.28. The van der Waals surface area contributed by atoms with Gasteiger partial charge in [0.05, 0.1) is 6.10 Å². The molecule has 0 aliphatic carbocycles. The Morgan fingerprint density at radius 1 is 1.53 bits per heavy atom. The first-order valence-corrected chi connectivity index (χ1v) is 6.47. The van der Waals surface area contributed by atoms with Crippen molar-refractivity contribution in [3.05, 3.63) is 29.6 Å². The van der Waals surface area contributed by atoms with Gasteiger partial charge in [-0.25, -0.2) is 0 Å². The van der Waals surface area contributed by atoms with Crippen LogP contribution in [0.2, 0.25) is 0 Å². The molecular formula is C14H21NO2. The fourth-order valence-electron chi connectivity index (χ4n) is 2.26. The molecule has 1 aromatic rings. The summed E-state index contributed by atoms with van der Waals surface area (Å²) in [5, 5.41) is 9.99. The third-order valence-electron chi connectivity index (χ3n) is 3.37. The van der Waals surface area contributed by atoms with Crippen LogP contribution in [0.5, 0.6) is 0 Å². The van der Waals surface area contributed by atoms with E-state index in [0.717, 1.165) is 38.2 Å². The van der Waals surface area contributed by atoms with Crippen LogP contribution in [0, 0.1) is 5.92 Å². The fraction of sp³-hybridized carbons (Fsp3) is 0.643. The summed E-state index contributed by atoms with van der Waals surface area (Å²) in [6.45, 7) is 3.77. The zero-order chi connectivity index (χ0) is 12.1. The van der Waals surface area contributed by atoms with Crippen molar-refractivity contribution in [3.8, 4) is 0 Å². The van der Waals surface area contributed by atoms with Gasteiger partial charge in [-0.2, -0.15) is 0 Å². The minimum Gasteiger partial charge on any atom is -0.393 e. The van der Waals surface area contributed by atoms with Crippen LogP contribution < -0.4 is 0 Å². The molecule has 0 spiro atoms. The standard InChI is InChI=1S/C14H21NO2/c1-2-11-3-4-13(15-9-11)8-14(16)7-12-5-6-17-10-12/h3-4,9,12,14,16H,2,5-8,10H2,1H3. The summed E-state index contributed by atoms with van der Waals surface area (Å²) >= 11 is 0. The lowest BCUT2D eigenvalue weighted by molar-refractivity contribution is 0.128. The van der Waals surface area contributed by atoms with Crippen LogP contribution in [0.25, 0.3) is 0 Å². The zero-order valence-electron chi connectivity index (χ0n) is 10.4. The Bertz CT molecular complexity index is 331. The lowest BCUT2D eigenvalue weighted by atomic mass is 9.98. The van der Waals surface area contributed by atoms with Crippen LogP contribution in [-0.4, -0.2) is 29.4 Å². The van der Waals surface area contributed by atoms with E-state index in [4.69, 9.17) is 4.74 Å². The Kier molecular flexibility index (Phi) is 4.51. The van der Waals surface area contributed by atoms with Crippen LogP contribution in [0.1, 0.15) is 31.0 Å². The van der Waals surface area contributed by atoms with E-state index < -0.39 is 0 Å². The minimum absolute atomic E-state index is 0.290. The summed E-state index contributed by atoms with van der Waals surface area (Å²) in [4.78, 5) is 4.37. The molecule has 1 saturated heterocycles. The first kappa shape index (κ1) is 12.5. The van der Waals surface area contributed by atoms with Gasteiger partial charge in [-0.05, 0) is 36.8 Å². The average Bonchev–Trinajstić information content (AvgIpc) is 2.82. The average molecular weight is 235 g/mol. The molecule has 1 N–H and O–H groups in total. The van der Waals surface area contributed by atoms with Crippen LogP contribution in [-0.2, 0) is 17.6 Å². The van der Waals surface area contributed by atoms with E-state index in [2.05, 4.69) is 18.0 Å². The number of pyridine rings is 1. The predicted octanol–water partition coefficient (Wildman–Crippen LogP) is 1.97. The molecule has 0 amide bonds. The Morgan fingerprint density at radius 2 is 2.41 bits per heavy atom. The van der Waals surface area contributed by atoms with Crippen LogP contribution in [0.4, 0.5) is 0 Å². The highest BCUT2D eigenvalue weighted by molar-refractivity contribution is 5.14. The lowest BCUT2D eigenvalue weighted by Crippen LogP contribution is -2.17. The molecule has 1 aromatic heterocycles. The molecule has 0 saturated carbocycles. The second kappa shape index (κ2) is 6.12. The molecular weight excluding hydrogens is 214 g/mol. The second-order valence-corrected chi connectivity index (χ2v) is 4.83. The van der Waals surface area contributed by atoms with E-state index in [1.54, 1.807) is 0 Å². The van der Waals surface area contributed by atoms with Crippen molar-refractivity contribution in [2.45, 2.75) is 38.7 Å². The van der Waals surface area contributed by atoms with Crippen molar-refractivity contribution < 1.29 is 9.84 Å². The van der Waals surface area contributed by atoms with Crippen LogP contribution >= 0.6 is 0 Å². The number of aromatic nitrogens is 1. The minimum atomic E-state index is -0.290. The highest BCUT2D eigenvalue weighted by Gasteiger charge is 2.19. The Balaban J connectivity index is 1.81. The topological polar surface area (TPSA) is 42.4 Å². The molecule has 0 bridgehead atoms. The number of ether oxygens (including phenoxy) is 1. The lowest BCUT2D eigenvalue weighted by Gasteiger charge is -2.14. The van der Waals surface area contributed by atoms with Crippen molar-refractivity contribution >= 4 is 0 Å². The molecule has 2 atom stereocenters. The summed E-state index contributed by atoms with van der Waals surface area (Å²) in [7, 11) is 0. The summed E-state index contributed by atoms with van der Waals surface area (Å²) in [5.74, 6) is 0.528.